The van der Waals surface area contributed by atoms with Crippen molar-refractivity contribution in [3.05, 3.63) is 11.4 Å². The first kappa shape index (κ1) is 51.8. The third-order valence-corrected chi connectivity index (χ3v) is 19.0. The molecule has 6 heterocycles. The first-order valence-corrected chi connectivity index (χ1v) is 26.3. The Morgan fingerprint density at radius 1 is 0.759 bits per heavy atom. The minimum Gasteiger partial charge on any atom is -0.408 e. The number of hydrogen-bond acceptors (Lipinski definition) is 11. The van der Waals surface area contributed by atoms with Crippen molar-refractivity contribution in [2.75, 3.05) is 39.6 Å². The lowest BCUT2D eigenvalue weighted by atomic mass is 9.87. The molecule has 6 rings (SSSR count). The molecule has 0 aliphatic carbocycles. The molecule has 0 spiro atoms. The number of fused-ring (bicyclic) bond motifs is 6. The van der Waals surface area contributed by atoms with Crippen LogP contribution in [0.25, 0.3) is 4.85 Å². The van der Waals surface area contributed by atoms with Gasteiger partial charge in [-0.1, -0.05) is 90.0 Å². The van der Waals surface area contributed by atoms with E-state index in [-0.39, 0.29) is 76.9 Å². The molecule has 12 nitrogen and oxygen atoms in total. The molecule has 1 unspecified atom stereocenters. The van der Waals surface area contributed by atoms with Crippen LogP contribution in [-0.2, 0) is 46.7 Å². The second kappa shape index (κ2) is 20.3. The highest BCUT2D eigenvalue weighted by Gasteiger charge is 2.65. The Kier molecular flexibility index (Phi) is 18.1. The van der Waals surface area contributed by atoms with Gasteiger partial charge in [-0.3, -0.25) is 4.79 Å². The van der Waals surface area contributed by atoms with Crippen LogP contribution in [0.15, 0.2) is 0 Å². The number of carbonyl (C=O) groups is 1. The van der Waals surface area contributed by atoms with Crippen LogP contribution in [-0.4, -0.2) is 131 Å². The fourth-order valence-corrected chi connectivity index (χ4v) is 10.9. The van der Waals surface area contributed by atoms with Gasteiger partial charge in [0, 0.05) is 18.5 Å². The molecule has 14 heteroatoms. The average molecular weight is 860 g/mol. The summed E-state index contributed by atoms with van der Waals surface area (Å²) in [6.45, 7) is 49.4. The van der Waals surface area contributed by atoms with Crippen LogP contribution in [0.2, 0.25) is 18.1 Å². The highest BCUT2D eigenvalue weighted by Crippen LogP contribution is 2.52. The molecular formula is C44H82NO11PSi. The zero-order chi connectivity index (χ0) is 44.3. The molecule has 13 atom stereocenters. The number of aliphatic hydroxyl groups is 1. The average Bonchev–Trinajstić information content (AvgIpc) is 3.92. The molecule has 0 aromatic rings. The molecule has 338 valence electrons. The standard InChI is InChI=1S/C15H30O3Si.C13H22NO4P.C9H16O3.C7H14O/c1-10(2)15-9-16-12(11(3)17-15)13(15)18-19(7,8)14(4,5)6;1-9(2)13-8-15-11(10(3)17-13)12(13)18-19(5)16-7-6-14-4;1-5(2)9-4-11-7(8(9)10)6(3)12-9;1-5(2)7(8)6(3)4/h10-13H,9H2,1-8H3;9-12H,6-8H2,1-3,5H3;5-8,10H,4H2,1-3H3;5-6H,1-4H3/t11-,12-,13+,15+;10-,11-,12-,13+,19?;6-,7-,8-,9+;/m000./s1. The van der Waals surface area contributed by atoms with E-state index in [4.69, 9.17) is 48.5 Å². The molecule has 0 aromatic heterocycles. The lowest BCUT2D eigenvalue weighted by Gasteiger charge is -2.42. The Bertz CT molecular complexity index is 1360. The Hall–Kier alpha value is -0.593. The van der Waals surface area contributed by atoms with E-state index in [1.54, 1.807) is 0 Å². The Morgan fingerprint density at radius 3 is 1.48 bits per heavy atom. The Balaban J connectivity index is 0.000000217. The van der Waals surface area contributed by atoms with Crippen molar-refractivity contribution < 1.29 is 51.8 Å². The first-order chi connectivity index (χ1) is 26.7. The van der Waals surface area contributed by atoms with E-state index in [2.05, 4.69) is 87.2 Å². The number of hydrogen-bond donors (Lipinski definition) is 1. The second-order valence-corrected chi connectivity index (χ2v) is 26.4. The molecule has 0 radical (unpaired) electrons. The lowest BCUT2D eigenvalue weighted by Crippen LogP contribution is -2.53. The van der Waals surface area contributed by atoms with Gasteiger partial charge in [-0.2, -0.15) is 0 Å². The minimum absolute atomic E-state index is 0.00295. The van der Waals surface area contributed by atoms with Gasteiger partial charge in [-0.25, -0.2) is 6.57 Å². The van der Waals surface area contributed by atoms with Gasteiger partial charge < -0.3 is 51.8 Å². The third kappa shape index (κ3) is 10.8. The van der Waals surface area contributed by atoms with E-state index >= 15 is 0 Å². The first-order valence-electron chi connectivity index (χ1n) is 21.8. The number of rotatable bonds is 12. The molecule has 6 aliphatic heterocycles. The zero-order valence-electron chi connectivity index (χ0n) is 39.5. The molecule has 0 saturated carbocycles. The number of aliphatic hydroxyl groups excluding tert-OH is 1. The van der Waals surface area contributed by atoms with Gasteiger partial charge in [0.1, 0.15) is 65.8 Å². The predicted octanol–water partition coefficient (Wildman–Crippen LogP) is 8.48. The van der Waals surface area contributed by atoms with E-state index in [1.165, 1.54) is 0 Å². The quantitative estimate of drug-likeness (QED) is 0.0880. The predicted molar refractivity (Wildman–Crippen MR) is 231 cm³/mol. The smallest absolute Gasteiger partial charge is 0.238 e. The van der Waals surface area contributed by atoms with Gasteiger partial charge in [-0.15, -0.1) is 0 Å². The van der Waals surface area contributed by atoms with Gasteiger partial charge in [0.15, 0.2) is 16.7 Å². The summed E-state index contributed by atoms with van der Waals surface area (Å²) in [7, 11) is -2.79. The topological polar surface area (TPSA) is 125 Å². The summed E-state index contributed by atoms with van der Waals surface area (Å²) in [4.78, 5) is 14.1. The summed E-state index contributed by atoms with van der Waals surface area (Å²) in [6, 6.07) is 0. The molecule has 1 N–H and O–H groups in total. The van der Waals surface area contributed by atoms with Gasteiger partial charge in [0.05, 0.1) is 38.1 Å². The highest BCUT2D eigenvalue weighted by molar-refractivity contribution is 7.46. The number of nitrogens with zero attached hydrogens (tertiary/aromatic N) is 1. The maximum atomic E-state index is 10.8. The van der Waals surface area contributed by atoms with Crippen molar-refractivity contribution in [3.63, 3.8) is 0 Å². The van der Waals surface area contributed by atoms with Crippen LogP contribution in [0.4, 0.5) is 0 Å². The third-order valence-electron chi connectivity index (χ3n) is 13.5. The molecular weight excluding hydrogens is 778 g/mol. The SMILES string of the molecule is CC(C)C(=O)C(C)C.CC(C)[C@@]12CO[C@@H]([C@H](C)O1)[C@@H]2O.CC(C)[C@@]12CO[C@@H]([C@H](C)O1)[C@H]2O[Si](C)(C)C(C)(C)C.[C-]#[N+]CCOP(C)O[C@H]1[C@H]2OC[C@]1(C(C)C)O[C@H]2C. The van der Waals surface area contributed by atoms with Gasteiger partial charge in [-0.05, 0) is 56.7 Å². The molecule has 6 bridgehead atoms. The Labute approximate surface area is 354 Å². The maximum Gasteiger partial charge on any atom is 0.238 e. The van der Waals surface area contributed by atoms with Crippen LogP contribution in [0.5, 0.6) is 0 Å². The summed E-state index contributed by atoms with van der Waals surface area (Å²) in [5.74, 6) is 1.81. The number of carbonyl (C=O) groups excluding carboxylic acids is 1. The Morgan fingerprint density at radius 2 is 1.16 bits per heavy atom. The van der Waals surface area contributed by atoms with Crippen molar-refractivity contribution in [3.8, 4) is 0 Å². The normalized spacial score (nSPS) is 37.8. The van der Waals surface area contributed by atoms with Crippen molar-refractivity contribution in [1.29, 1.82) is 0 Å². The highest BCUT2D eigenvalue weighted by atomic mass is 31.2. The van der Waals surface area contributed by atoms with E-state index in [9.17, 15) is 9.90 Å². The number of ether oxygens (including phenoxy) is 6. The van der Waals surface area contributed by atoms with Crippen LogP contribution in [0.3, 0.4) is 0 Å². The van der Waals surface area contributed by atoms with Crippen molar-refractivity contribution in [1.82, 2.24) is 0 Å². The summed E-state index contributed by atoms with van der Waals surface area (Å²) in [5.41, 5.74) is -1.01. The van der Waals surface area contributed by atoms with Crippen molar-refractivity contribution in [2.24, 2.45) is 29.6 Å². The minimum atomic E-state index is -1.80. The van der Waals surface area contributed by atoms with Crippen molar-refractivity contribution in [2.45, 2.75) is 201 Å². The van der Waals surface area contributed by atoms with Crippen LogP contribution in [0.1, 0.15) is 111 Å². The summed E-state index contributed by atoms with van der Waals surface area (Å²) in [5, 5.41) is 10.1. The lowest BCUT2D eigenvalue weighted by molar-refractivity contribution is -0.157. The summed E-state index contributed by atoms with van der Waals surface area (Å²) in [6.07, 6.45) is -0.155. The monoisotopic (exact) mass is 860 g/mol. The fourth-order valence-electron chi connectivity index (χ4n) is 8.52. The summed E-state index contributed by atoms with van der Waals surface area (Å²) < 4.78 is 53.7. The molecule has 0 amide bonds. The van der Waals surface area contributed by atoms with Crippen LogP contribution < -0.4 is 0 Å². The molecule has 6 aliphatic rings. The molecule has 58 heavy (non-hydrogen) atoms. The molecule has 6 saturated heterocycles. The van der Waals surface area contributed by atoms with E-state index in [0.29, 0.717) is 56.5 Å². The van der Waals surface area contributed by atoms with Gasteiger partial charge in [0.25, 0.3) is 0 Å². The van der Waals surface area contributed by atoms with Gasteiger partial charge >= 0.3 is 0 Å². The van der Waals surface area contributed by atoms with E-state index < -0.39 is 28.4 Å². The number of ketones is 1. The number of Topliss-reactive ketones (excluding diaryl/α,β-unsaturated/α-hetero) is 1. The van der Waals surface area contributed by atoms with E-state index in [1.807, 2.05) is 48.2 Å². The molecule has 0 aromatic carbocycles. The summed E-state index contributed by atoms with van der Waals surface area (Å²) >= 11 is 0. The maximum absolute atomic E-state index is 10.8. The zero-order valence-corrected chi connectivity index (χ0v) is 41.4. The van der Waals surface area contributed by atoms with Crippen molar-refractivity contribution >= 4 is 22.5 Å². The molecule has 6 fully saturated rings. The largest absolute Gasteiger partial charge is 0.408 e. The van der Waals surface area contributed by atoms with E-state index in [0.717, 1.165) is 0 Å². The second-order valence-electron chi connectivity index (χ2n) is 20.3. The fraction of sp³-hybridized carbons (Fsp3) is 0.955. The van der Waals surface area contributed by atoms with Gasteiger partial charge in [0.2, 0.25) is 6.54 Å². The van der Waals surface area contributed by atoms with Crippen LogP contribution >= 0.6 is 8.38 Å². The van der Waals surface area contributed by atoms with Crippen LogP contribution in [0, 0.1) is 36.2 Å².